The van der Waals surface area contributed by atoms with Gasteiger partial charge in [0.2, 0.25) is 0 Å². The molecule has 0 aromatic rings. The summed E-state index contributed by atoms with van der Waals surface area (Å²) in [4.78, 5) is 27.7. The molecule has 108 valence electrons. The Hall–Kier alpha value is -1.11. The molecule has 1 fully saturated rings. The highest BCUT2D eigenvalue weighted by atomic mass is 17.2. The molecule has 0 N–H and O–H groups in total. The first-order chi connectivity index (χ1) is 8.87. The van der Waals surface area contributed by atoms with Crippen LogP contribution in [0.4, 0.5) is 4.79 Å². The molecule has 19 heavy (non-hydrogen) atoms. The zero-order chi connectivity index (χ0) is 14.0. The van der Waals surface area contributed by atoms with Gasteiger partial charge in [-0.2, -0.15) is 5.06 Å². The van der Waals surface area contributed by atoms with Crippen LogP contribution in [0.3, 0.4) is 0 Å². The molecule has 6 nitrogen and oxygen atoms in total. The molecule has 0 bridgehead atoms. The second kappa shape index (κ2) is 5.48. The Morgan fingerprint density at radius 2 is 2.11 bits per heavy atom. The molecule has 0 aromatic carbocycles. The number of hydrogen-bond donors (Lipinski definition) is 0. The summed E-state index contributed by atoms with van der Waals surface area (Å²) in [6.07, 6.45) is 0.0258. The van der Waals surface area contributed by atoms with Gasteiger partial charge in [0.25, 0.3) is 0 Å². The summed E-state index contributed by atoms with van der Waals surface area (Å²) < 4.78 is 5.29. The Morgan fingerprint density at radius 1 is 1.37 bits per heavy atom. The average Bonchev–Trinajstić information content (AvgIpc) is 2.50. The van der Waals surface area contributed by atoms with E-state index < -0.39 is 11.7 Å². The van der Waals surface area contributed by atoms with Gasteiger partial charge in [-0.3, -0.25) is 4.84 Å². The first-order valence-corrected chi connectivity index (χ1v) is 6.47. The van der Waals surface area contributed by atoms with Crippen molar-refractivity contribution in [2.75, 3.05) is 19.8 Å². The lowest BCUT2D eigenvalue weighted by atomic mass is 10.0. The second-order valence-electron chi connectivity index (χ2n) is 5.80. The molecule has 2 aliphatic rings. The maximum absolute atomic E-state index is 11.9. The Morgan fingerprint density at radius 3 is 2.79 bits per heavy atom. The topological polar surface area (TPSA) is 57.2 Å². The van der Waals surface area contributed by atoms with Gasteiger partial charge in [0, 0.05) is 6.42 Å². The van der Waals surface area contributed by atoms with Crippen molar-refractivity contribution in [1.82, 2.24) is 5.06 Å². The molecule has 6 heteroatoms. The standard InChI is InChI=1S/C13H21NO5/c1-9-7-17-19-11-5-6-14(16-8-10(9)11)12(15)18-13(2,3)4/h11H,5-8H2,1-4H3. The maximum Gasteiger partial charge on any atom is 0.434 e. The molecule has 1 atom stereocenters. The van der Waals surface area contributed by atoms with Crippen LogP contribution in [0, 0.1) is 0 Å². The highest BCUT2D eigenvalue weighted by molar-refractivity contribution is 5.66. The molecule has 0 aliphatic carbocycles. The van der Waals surface area contributed by atoms with E-state index in [0.29, 0.717) is 26.2 Å². The van der Waals surface area contributed by atoms with Gasteiger partial charge in [-0.05, 0) is 38.8 Å². The van der Waals surface area contributed by atoms with Gasteiger partial charge in [-0.25, -0.2) is 14.6 Å². The van der Waals surface area contributed by atoms with Crippen LogP contribution >= 0.6 is 0 Å². The smallest absolute Gasteiger partial charge is 0.434 e. The molecule has 0 spiro atoms. The molecule has 0 saturated carbocycles. The van der Waals surface area contributed by atoms with E-state index >= 15 is 0 Å². The SMILES string of the molecule is CC1=C2CON(C(=O)OC(C)(C)C)CCC2OOC1. The molecule has 1 amide bonds. The third-order valence-corrected chi connectivity index (χ3v) is 2.96. The molecule has 2 aliphatic heterocycles. The zero-order valence-electron chi connectivity index (χ0n) is 11.9. The van der Waals surface area contributed by atoms with E-state index in [2.05, 4.69) is 0 Å². The van der Waals surface area contributed by atoms with E-state index in [1.807, 2.05) is 27.7 Å². The lowest BCUT2D eigenvalue weighted by Crippen LogP contribution is -2.37. The zero-order valence-corrected chi connectivity index (χ0v) is 11.9. The van der Waals surface area contributed by atoms with Crippen LogP contribution in [0.5, 0.6) is 0 Å². The van der Waals surface area contributed by atoms with E-state index in [1.54, 1.807) is 0 Å². The predicted octanol–water partition coefficient (Wildman–Crippen LogP) is 2.21. The van der Waals surface area contributed by atoms with E-state index in [1.165, 1.54) is 5.06 Å². The van der Waals surface area contributed by atoms with E-state index in [0.717, 1.165) is 11.1 Å². The monoisotopic (exact) mass is 271 g/mol. The highest BCUT2D eigenvalue weighted by Gasteiger charge is 2.31. The summed E-state index contributed by atoms with van der Waals surface area (Å²) in [5.41, 5.74) is 1.62. The summed E-state index contributed by atoms with van der Waals surface area (Å²) >= 11 is 0. The number of hydroxylamine groups is 2. The van der Waals surface area contributed by atoms with Crippen molar-refractivity contribution in [3.8, 4) is 0 Å². The number of rotatable bonds is 0. The van der Waals surface area contributed by atoms with E-state index in [9.17, 15) is 4.79 Å². The van der Waals surface area contributed by atoms with E-state index in [-0.39, 0.29) is 6.10 Å². The average molecular weight is 271 g/mol. The second-order valence-corrected chi connectivity index (χ2v) is 5.80. The lowest BCUT2D eigenvalue weighted by Gasteiger charge is -2.25. The summed E-state index contributed by atoms with van der Waals surface area (Å²) in [7, 11) is 0. The lowest BCUT2D eigenvalue weighted by molar-refractivity contribution is -0.318. The van der Waals surface area contributed by atoms with Crippen LogP contribution in [0.15, 0.2) is 11.1 Å². The molecule has 0 aromatic heterocycles. The molecule has 2 heterocycles. The van der Waals surface area contributed by atoms with Gasteiger partial charge in [-0.1, -0.05) is 0 Å². The summed E-state index contributed by atoms with van der Waals surface area (Å²) in [5, 5.41) is 1.26. The minimum absolute atomic E-state index is 0.138. The number of carbonyl (C=O) groups is 1. The normalized spacial score (nSPS) is 24.8. The van der Waals surface area contributed by atoms with Gasteiger partial charge in [0.1, 0.15) is 18.3 Å². The van der Waals surface area contributed by atoms with Crippen LogP contribution in [0.25, 0.3) is 0 Å². The Kier molecular flexibility index (Phi) is 4.13. The first-order valence-electron chi connectivity index (χ1n) is 6.47. The third kappa shape index (κ3) is 3.68. The number of nitrogens with zero attached hydrogens (tertiary/aromatic N) is 1. The third-order valence-electron chi connectivity index (χ3n) is 2.96. The van der Waals surface area contributed by atoms with Gasteiger partial charge in [0.05, 0.1) is 13.2 Å². The summed E-state index contributed by atoms with van der Waals surface area (Å²) in [6.45, 7) is 8.65. The van der Waals surface area contributed by atoms with Gasteiger partial charge in [0.15, 0.2) is 0 Å². The van der Waals surface area contributed by atoms with Crippen LogP contribution in [-0.2, 0) is 19.3 Å². The molecule has 0 radical (unpaired) electrons. The molecule has 1 unspecified atom stereocenters. The van der Waals surface area contributed by atoms with Crippen molar-refractivity contribution in [3.05, 3.63) is 11.1 Å². The van der Waals surface area contributed by atoms with Crippen molar-refractivity contribution in [2.24, 2.45) is 0 Å². The van der Waals surface area contributed by atoms with Crippen molar-refractivity contribution < 1.29 is 24.1 Å². The Bertz CT molecular complexity index is 385. The van der Waals surface area contributed by atoms with Crippen LogP contribution < -0.4 is 0 Å². The number of amides is 1. The molecular formula is C13H21NO5. The number of hydrogen-bond acceptors (Lipinski definition) is 5. The van der Waals surface area contributed by atoms with Crippen molar-refractivity contribution in [3.63, 3.8) is 0 Å². The van der Waals surface area contributed by atoms with E-state index in [4.69, 9.17) is 19.3 Å². The highest BCUT2D eigenvalue weighted by Crippen LogP contribution is 2.25. The largest absolute Gasteiger partial charge is 0.442 e. The molecule has 2 rings (SSSR count). The first kappa shape index (κ1) is 14.3. The maximum atomic E-state index is 11.9. The molecular weight excluding hydrogens is 250 g/mol. The van der Waals surface area contributed by atoms with Crippen molar-refractivity contribution in [1.29, 1.82) is 0 Å². The summed E-state index contributed by atoms with van der Waals surface area (Å²) in [6, 6.07) is 0. The van der Waals surface area contributed by atoms with Gasteiger partial charge < -0.3 is 4.74 Å². The van der Waals surface area contributed by atoms with Gasteiger partial charge >= 0.3 is 6.09 Å². The number of fused-ring (bicyclic) bond motifs is 1. The summed E-state index contributed by atoms with van der Waals surface area (Å²) in [5.74, 6) is 0. The number of ether oxygens (including phenoxy) is 1. The van der Waals surface area contributed by atoms with Gasteiger partial charge in [-0.15, -0.1) is 0 Å². The molecule has 1 saturated heterocycles. The predicted molar refractivity (Wildman–Crippen MR) is 67.0 cm³/mol. The fourth-order valence-corrected chi connectivity index (χ4v) is 1.97. The minimum atomic E-state index is -0.533. The fraction of sp³-hybridized carbons (Fsp3) is 0.769. The Labute approximate surface area is 113 Å². The minimum Gasteiger partial charge on any atom is -0.442 e. The Balaban J connectivity index is 2.01. The number of carbonyl (C=O) groups excluding carboxylic acids is 1. The van der Waals surface area contributed by atoms with Crippen molar-refractivity contribution >= 4 is 6.09 Å². The fourth-order valence-electron chi connectivity index (χ4n) is 1.97. The van der Waals surface area contributed by atoms with Crippen molar-refractivity contribution in [2.45, 2.75) is 45.8 Å². The van der Waals surface area contributed by atoms with Crippen LogP contribution in [-0.4, -0.2) is 42.6 Å². The van der Waals surface area contributed by atoms with Crippen LogP contribution in [0.2, 0.25) is 0 Å². The quantitative estimate of drug-likeness (QED) is 0.499. The van der Waals surface area contributed by atoms with Crippen LogP contribution in [0.1, 0.15) is 34.1 Å².